The van der Waals surface area contributed by atoms with Gasteiger partial charge in [0.25, 0.3) is 0 Å². The Hall–Kier alpha value is -4.26. The third-order valence-electron chi connectivity index (χ3n) is 5.38. The number of phenolic OH excluding ortho intramolecular Hbond substituents is 3. The molecule has 0 radical (unpaired) electrons. The van der Waals surface area contributed by atoms with Crippen LogP contribution in [0.4, 0.5) is 0 Å². The van der Waals surface area contributed by atoms with Crippen LogP contribution in [0.1, 0.15) is 23.5 Å². The van der Waals surface area contributed by atoms with Gasteiger partial charge in [0.1, 0.15) is 29.1 Å². The lowest BCUT2D eigenvalue weighted by Gasteiger charge is -2.19. The zero-order chi connectivity index (χ0) is 22.8. The number of hydrogen-bond donors (Lipinski definition) is 3. The minimum atomic E-state index is -0.686. The topological polar surface area (TPSA) is 117 Å². The molecule has 0 aliphatic rings. The number of fused-ring (bicyclic) bond motifs is 1. The van der Waals surface area contributed by atoms with Crippen LogP contribution < -0.4 is 5.43 Å². The van der Waals surface area contributed by atoms with Crippen LogP contribution in [0.3, 0.4) is 0 Å². The molecule has 1 aromatic heterocycles. The van der Waals surface area contributed by atoms with Crippen LogP contribution in [0.15, 0.2) is 76.1 Å². The van der Waals surface area contributed by atoms with Gasteiger partial charge in [0, 0.05) is 11.5 Å². The van der Waals surface area contributed by atoms with Crippen molar-refractivity contribution in [3.05, 3.63) is 88.3 Å². The molecule has 4 rings (SSSR count). The molecule has 3 N–H and O–H groups in total. The first-order valence-electron chi connectivity index (χ1n) is 9.81. The zero-order valence-corrected chi connectivity index (χ0v) is 17.1. The minimum Gasteiger partial charge on any atom is -0.508 e. The Morgan fingerprint density at radius 3 is 2.19 bits per heavy atom. The fourth-order valence-corrected chi connectivity index (χ4v) is 3.73. The summed E-state index contributed by atoms with van der Waals surface area (Å²) < 4.78 is 10.7. The van der Waals surface area contributed by atoms with Crippen molar-refractivity contribution in [3.63, 3.8) is 0 Å². The van der Waals surface area contributed by atoms with Gasteiger partial charge in [0.2, 0.25) is 5.43 Å². The molecule has 1 heterocycles. The first kappa shape index (κ1) is 21.0. The number of carbonyl (C=O) groups is 1. The molecule has 0 fully saturated rings. The molecule has 0 spiro atoms. The number of ether oxygens (including phenoxy) is 1. The molecule has 4 aromatic rings. The molecule has 0 bridgehead atoms. The molecule has 0 unspecified atom stereocenters. The van der Waals surface area contributed by atoms with Crippen LogP contribution in [-0.2, 0) is 9.53 Å². The van der Waals surface area contributed by atoms with Gasteiger partial charge in [-0.15, -0.1) is 0 Å². The third kappa shape index (κ3) is 3.88. The highest BCUT2D eigenvalue weighted by molar-refractivity contribution is 5.87. The number of aromatic hydroxyl groups is 3. The van der Waals surface area contributed by atoms with E-state index in [1.165, 1.54) is 49.8 Å². The molecule has 1 atom stereocenters. The number of esters is 1. The summed E-state index contributed by atoms with van der Waals surface area (Å²) in [4.78, 5) is 25.4. The van der Waals surface area contributed by atoms with Crippen LogP contribution in [-0.4, -0.2) is 28.4 Å². The smallest absolute Gasteiger partial charge is 0.306 e. The average Bonchev–Trinajstić information content (AvgIpc) is 2.79. The quantitative estimate of drug-likeness (QED) is 0.403. The second-order valence-electron chi connectivity index (χ2n) is 7.32. The first-order valence-corrected chi connectivity index (χ1v) is 9.81. The van der Waals surface area contributed by atoms with Gasteiger partial charge in [-0.1, -0.05) is 24.3 Å². The number of rotatable bonds is 5. The Bertz CT molecular complexity index is 1340. The van der Waals surface area contributed by atoms with Crippen molar-refractivity contribution < 1.29 is 29.3 Å². The van der Waals surface area contributed by atoms with Crippen LogP contribution in [0.2, 0.25) is 0 Å². The maximum Gasteiger partial charge on any atom is 0.306 e. The van der Waals surface area contributed by atoms with Crippen molar-refractivity contribution in [3.8, 4) is 28.4 Å². The molecule has 32 heavy (non-hydrogen) atoms. The summed E-state index contributed by atoms with van der Waals surface area (Å²) in [7, 11) is 1.27. The second kappa shape index (κ2) is 8.47. The first-order chi connectivity index (χ1) is 15.4. The van der Waals surface area contributed by atoms with Gasteiger partial charge >= 0.3 is 5.97 Å². The van der Waals surface area contributed by atoms with E-state index in [1.54, 1.807) is 24.3 Å². The molecule has 0 amide bonds. The lowest BCUT2D eigenvalue weighted by atomic mass is 9.86. The maximum absolute atomic E-state index is 13.2. The van der Waals surface area contributed by atoms with Crippen LogP contribution in [0.5, 0.6) is 17.2 Å². The van der Waals surface area contributed by atoms with Crippen molar-refractivity contribution in [2.24, 2.45) is 0 Å². The number of carbonyl (C=O) groups excluding carboxylic acids is 1. The summed E-state index contributed by atoms with van der Waals surface area (Å²) in [6.07, 6.45) is 1.18. The van der Waals surface area contributed by atoms with E-state index in [4.69, 9.17) is 9.15 Å². The molecular formula is C25H20O7. The van der Waals surface area contributed by atoms with Crippen molar-refractivity contribution in [1.82, 2.24) is 0 Å². The molecule has 3 aromatic carbocycles. The summed E-state index contributed by atoms with van der Waals surface area (Å²) in [5.41, 5.74) is 1.59. The van der Waals surface area contributed by atoms with Gasteiger partial charge in [-0.05, 0) is 47.5 Å². The van der Waals surface area contributed by atoms with Gasteiger partial charge in [0.15, 0.2) is 0 Å². The van der Waals surface area contributed by atoms with E-state index in [1.807, 2.05) is 0 Å². The Kier molecular flexibility index (Phi) is 5.55. The fourth-order valence-electron chi connectivity index (χ4n) is 3.73. The highest BCUT2D eigenvalue weighted by Gasteiger charge is 2.26. The molecule has 7 heteroatoms. The standard InChI is InChI=1S/C25H20O7/c1-31-22(29)12-19(14-2-6-16(26)7-3-14)23-21(28)11-10-18-24(30)20(13-32-25(18)23)15-4-8-17(27)9-5-15/h2-11,13,19,26-28H,12H2,1H3/t19-/m0/s1. The van der Waals surface area contributed by atoms with Gasteiger partial charge in [-0.25, -0.2) is 0 Å². The number of benzene rings is 3. The van der Waals surface area contributed by atoms with Crippen LogP contribution in [0.25, 0.3) is 22.1 Å². The summed E-state index contributed by atoms with van der Waals surface area (Å²) in [5, 5.41) is 30.1. The molecule has 162 valence electrons. The van der Waals surface area contributed by atoms with Gasteiger partial charge in [-0.3, -0.25) is 9.59 Å². The minimum absolute atomic E-state index is 0.0535. The molecular weight excluding hydrogens is 412 g/mol. The highest BCUT2D eigenvalue weighted by Crippen LogP contribution is 2.39. The largest absolute Gasteiger partial charge is 0.508 e. The lowest BCUT2D eigenvalue weighted by Crippen LogP contribution is -2.12. The van der Waals surface area contributed by atoms with Crippen LogP contribution >= 0.6 is 0 Å². The second-order valence-corrected chi connectivity index (χ2v) is 7.32. The Morgan fingerprint density at radius 2 is 1.56 bits per heavy atom. The lowest BCUT2D eigenvalue weighted by molar-refractivity contribution is -0.140. The molecule has 0 saturated heterocycles. The summed E-state index contributed by atoms with van der Waals surface area (Å²) in [6.45, 7) is 0. The normalized spacial score (nSPS) is 11.9. The predicted molar refractivity (Wildman–Crippen MR) is 118 cm³/mol. The van der Waals surface area contributed by atoms with Crippen molar-refractivity contribution >= 4 is 16.9 Å². The average molecular weight is 432 g/mol. The van der Waals surface area contributed by atoms with E-state index in [2.05, 4.69) is 0 Å². The van der Waals surface area contributed by atoms with E-state index in [-0.39, 0.29) is 45.6 Å². The predicted octanol–water partition coefficient (Wildman–Crippen LogP) is 4.27. The highest BCUT2D eigenvalue weighted by atomic mass is 16.5. The van der Waals surface area contributed by atoms with Crippen molar-refractivity contribution in [2.45, 2.75) is 12.3 Å². The van der Waals surface area contributed by atoms with E-state index < -0.39 is 11.9 Å². The monoisotopic (exact) mass is 432 g/mol. The summed E-state index contributed by atoms with van der Waals surface area (Å²) in [5.74, 6) is -1.21. The van der Waals surface area contributed by atoms with E-state index >= 15 is 0 Å². The zero-order valence-electron chi connectivity index (χ0n) is 17.1. The van der Waals surface area contributed by atoms with Crippen molar-refractivity contribution in [1.29, 1.82) is 0 Å². The molecule has 0 saturated carbocycles. The number of methoxy groups -OCH3 is 1. The maximum atomic E-state index is 13.2. The number of hydrogen-bond acceptors (Lipinski definition) is 7. The summed E-state index contributed by atoms with van der Waals surface area (Å²) in [6, 6.07) is 15.2. The van der Waals surface area contributed by atoms with Crippen molar-refractivity contribution in [2.75, 3.05) is 7.11 Å². The Morgan fingerprint density at radius 1 is 0.938 bits per heavy atom. The van der Waals surface area contributed by atoms with Gasteiger partial charge < -0.3 is 24.5 Å². The van der Waals surface area contributed by atoms with E-state index in [0.29, 0.717) is 16.7 Å². The molecule has 7 nitrogen and oxygen atoms in total. The Labute approximate surface area is 182 Å². The third-order valence-corrected chi connectivity index (χ3v) is 5.38. The number of phenols is 3. The van der Waals surface area contributed by atoms with E-state index in [9.17, 15) is 24.9 Å². The fraction of sp³-hybridized carbons (Fsp3) is 0.120. The van der Waals surface area contributed by atoms with E-state index in [0.717, 1.165) is 0 Å². The van der Waals surface area contributed by atoms with Gasteiger partial charge in [-0.2, -0.15) is 0 Å². The van der Waals surface area contributed by atoms with Crippen LogP contribution in [0, 0.1) is 0 Å². The SMILES string of the molecule is COC(=O)C[C@@H](c1ccc(O)cc1)c1c(O)ccc2c(=O)c(-c3ccc(O)cc3)coc12. The Balaban J connectivity index is 1.93. The molecule has 0 aliphatic carbocycles. The van der Waals surface area contributed by atoms with Gasteiger partial charge in [0.05, 0.1) is 24.5 Å². The summed E-state index contributed by atoms with van der Waals surface area (Å²) >= 11 is 0. The molecule has 0 aliphatic heterocycles.